The normalized spacial score (nSPS) is 12.6. The van der Waals surface area contributed by atoms with Gasteiger partial charge >= 0.3 is 6.03 Å². The summed E-state index contributed by atoms with van der Waals surface area (Å²) in [5, 5.41) is 6.35. The van der Waals surface area contributed by atoms with E-state index in [0.717, 1.165) is 11.4 Å². The molecule has 3 N–H and O–H groups in total. The number of nitrogens with two attached hydrogens (primary N) is 1. The molecule has 2 rings (SSSR count). The summed E-state index contributed by atoms with van der Waals surface area (Å²) in [5.74, 6) is 0.0109. The minimum Gasteiger partial charge on any atom is -0.351 e. The molecule has 0 aromatic carbocycles. The van der Waals surface area contributed by atoms with Crippen LogP contribution in [0.15, 0.2) is 11.2 Å². The van der Waals surface area contributed by atoms with Gasteiger partial charge in [0.15, 0.2) is 0 Å². The topological polar surface area (TPSA) is 115 Å². The fourth-order valence-electron chi connectivity index (χ4n) is 2.00. The molecule has 1 atom stereocenters. The number of aromatic nitrogens is 4. The quantitative estimate of drug-likeness (QED) is 0.813. The first-order valence-electron chi connectivity index (χ1n) is 6.76. The van der Waals surface area contributed by atoms with E-state index in [1.165, 1.54) is 11.8 Å². The predicted octanol–water partition coefficient (Wildman–Crippen LogP) is 1.05. The summed E-state index contributed by atoms with van der Waals surface area (Å²) < 4.78 is 1.62. The fourth-order valence-corrected chi connectivity index (χ4v) is 2.92. The molecule has 0 aliphatic rings. The molecule has 0 aliphatic heterocycles. The summed E-state index contributed by atoms with van der Waals surface area (Å²) in [5.41, 5.74) is 6.75. The molecule has 118 valence electrons. The number of nitrogens with zero attached hydrogens (tertiary/aromatic N) is 4. The van der Waals surface area contributed by atoms with Crippen LogP contribution >= 0.6 is 11.8 Å². The molecular weight excluding hydrogens is 304 g/mol. The Balaban J connectivity index is 2.28. The molecular formula is C13H18N6O2S. The molecule has 2 aromatic rings. The minimum absolute atomic E-state index is 0.0215. The van der Waals surface area contributed by atoms with Gasteiger partial charge in [-0.25, -0.2) is 14.3 Å². The molecule has 0 saturated carbocycles. The summed E-state index contributed by atoms with van der Waals surface area (Å²) in [4.78, 5) is 31.5. The van der Waals surface area contributed by atoms with E-state index in [9.17, 15) is 9.59 Å². The molecule has 0 saturated heterocycles. The van der Waals surface area contributed by atoms with Gasteiger partial charge in [-0.1, -0.05) is 25.6 Å². The molecule has 0 bridgehead atoms. The Bertz CT molecular complexity index is 727. The van der Waals surface area contributed by atoms with Crippen LogP contribution in [0, 0.1) is 19.8 Å². The average Bonchev–Trinajstić information content (AvgIpc) is 2.77. The zero-order valence-electron chi connectivity index (χ0n) is 12.8. The van der Waals surface area contributed by atoms with E-state index in [-0.39, 0.29) is 5.92 Å². The number of carbonyl (C=O) groups excluding carboxylic acids is 2. The smallest absolute Gasteiger partial charge is 0.318 e. The van der Waals surface area contributed by atoms with Crippen molar-refractivity contribution in [1.29, 1.82) is 0 Å². The number of aryl methyl sites for hydroxylation is 2. The number of amides is 3. The molecule has 0 radical (unpaired) electrons. The van der Waals surface area contributed by atoms with Gasteiger partial charge in [0.2, 0.25) is 11.1 Å². The monoisotopic (exact) mass is 322 g/mol. The summed E-state index contributed by atoms with van der Waals surface area (Å²) in [6, 6.07) is 1.03. The Morgan fingerprint density at radius 3 is 2.59 bits per heavy atom. The number of urea groups is 1. The van der Waals surface area contributed by atoms with Crippen molar-refractivity contribution in [1.82, 2.24) is 24.9 Å². The molecule has 0 spiro atoms. The van der Waals surface area contributed by atoms with E-state index in [1.807, 2.05) is 33.8 Å². The van der Waals surface area contributed by atoms with Crippen molar-refractivity contribution in [3.63, 3.8) is 0 Å². The molecule has 22 heavy (non-hydrogen) atoms. The Kier molecular flexibility index (Phi) is 4.65. The van der Waals surface area contributed by atoms with E-state index in [2.05, 4.69) is 20.4 Å². The van der Waals surface area contributed by atoms with E-state index >= 15 is 0 Å². The maximum Gasteiger partial charge on any atom is 0.318 e. The Morgan fingerprint density at radius 1 is 1.32 bits per heavy atom. The van der Waals surface area contributed by atoms with Crippen LogP contribution in [0.4, 0.5) is 4.79 Å². The van der Waals surface area contributed by atoms with Crippen LogP contribution in [0.1, 0.15) is 25.2 Å². The van der Waals surface area contributed by atoms with Crippen molar-refractivity contribution in [2.45, 2.75) is 38.1 Å². The van der Waals surface area contributed by atoms with Crippen LogP contribution in [-0.4, -0.2) is 36.8 Å². The largest absolute Gasteiger partial charge is 0.351 e. The molecule has 1 unspecified atom stereocenters. The number of rotatable bonds is 4. The maximum atomic E-state index is 12.0. The standard InChI is InChI=1S/C13H18N6O2S/c1-6(2)9(10(20)16-11(14)21)22-13-17-12-15-7(3)5-8(4)19(12)18-13/h5-6,9H,1-4H3,(H3,14,16,20,21). The van der Waals surface area contributed by atoms with Gasteiger partial charge in [-0.15, -0.1) is 5.10 Å². The number of nitrogens with one attached hydrogen (secondary N) is 1. The van der Waals surface area contributed by atoms with Crippen molar-refractivity contribution >= 4 is 29.5 Å². The van der Waals surface area contributed by atoms with Crippen LogP contribution in [-0.2, 0) is 4.79 Å². The van der Waals surface area contributed by atoms with E-state index in [4.69, 9.17) is 5.73 Å². The number of hydrogen-bond donors (Lipinski definition) is 2. The number of imide groups is 1. The molecule has 8 nitrogen and oxygen atoms in total. The second-order valence-electron chi connectivity index (χ2n) is 5.28. The number of thioether (sulfide) groups is 1. The van der Waals surface area contributed by atoms with E-state index in [0.29, 0.717) is 10.9 Å². The lowest BCUT2D eigenvalue weighted by Crippen LogP contribution is -2.42. The van der Waals surface area contributed by atoms with Gasteiger partial charge in [0, 0.05) is 11.4 Å². The third-order valence-electron chi connectivity index (χ3n) is 2.94. The number of carbonyl (C=O) groups is 2. The number of hydrogen-bond acceptors (Lipinski definition) is 6. The number of primary amides is 1. The van der Waals surface area contributed by atoms with Crippen LogP contribution in [0.3, 0.4) is 0 Å². The second-order valence-corrected chi connectivity index (χ2v) is 6.39. The van der Waals surface area contributed by atoms with Gasteiger partial charge in [0.25, 0.3) is 5.78 Å². The highest BCUT2D eigenvalue weighted by molar-refractivity contribution is 8.00. The summed E-state index contributed by atoms with van der Waals surface area (Å²) in [7, 11) is 0. The lowest BCUT2D eigenvalue weighted by Gasteiger charge is -2.16. The SMILES string of the molecule is Cc1cc(C)n2nc(SC(C(=O)NC(N)=O)C(C)C)nc2n1. The first kappa shape index (κ1) is 16.2. The molecule has 0 aliphatic carbocycles. The van der Waals surface area contributed by atoms with Gasteiger partial charge in [-0.05, 0) is 25.8 Å². The Hall–Kier alpha value is -2.16. The predicted molar refractivity (Wildman–Crippen MR) is 82.5 cm³/mol. The Labute approximate surface area is 131 Å². The molecule has 2 heterocycles. The zero-order chi connectivity index (χ0) is 16.4. The minimum atomic E-state index is -0.868. The third kappa shape index (κ3) is 3.53. The highest BCUT2D eigenvalue weighted by Gasteiger charge is 2.26. The second kappa shape index (κ2) is 6.30. The van der Waals surface area contributed by atoms with Crippen molar-refractivity contribution in [3.05, 3.63) is 17.5 Å². The molecule has 3 amide bonds. The molecule has 0 fully saturated rings. The summed E-state index contributed by atoms with van der Waals surface area (Å²) in [6.45, 7) is 7.54. The van der Waals surface area contributed by atoms with Crippen LogP contribution in [0.25, 0.3) is 5.78 Å². The lowest BCUT2D eigenvalue weighted by atomic mass is 10.1. The average molecular weight is 322 g/mol. The highest BCUT2D eigenvalue weighted by Crippen LogP contribution is 2.26. The van der Waals surface area contributed by atoms with Crippen molar-refractivity contribution in [3.8, 4) is 0 Å². The van der Waals surface area contributed by atoms with Crippen molar-refractivity contribution in [2.75, 3.05) is 0 Å². The first-order chi connectivity index (χ1) is 10.3. The van der Waals surface area contributed by atoms with Gasteiger partial charge in [0.1, 0.15) is 0 Å². The van der Waals surface area contributed by atoms with Gasteiger partial charge in [0.05, 0.1) is 5.25 Å². The van der Waals surface area contributed by atoms with Gasteiger partial charge < -0.3 is 5.73 Å². The molecule has 9 heteroatoms. The van der Waals surface area contributed by atoms with Crippen LogP contribution < -0.4 is 11.1 Å². The fraction of sp³-hybridized carbons (Fsp3) is 0.462. The first-order valence-corrected chi connectivity index (χ1v) is 7.64. The number of fused-ring (bicyclic) bond motifs is 1. The van der Waals surface area contributed by atoms with Crippen LogP contribution in [0.2, 0.25) is 0 Å². The van der Waals surface area contributed by atoms with Crippen molar-refractivity contribution in [2.24, 2.45) is 11.7 Å². The van der Waals surface area contributed by atoms with Crippen LogP contribution in [0.5, 0.6) is 0 Å². The Morgan fingerprint density at radius 2 is 2.00 bits per heavy atom. The lowest BCUT2D eigenvalue weighted by molar-refractivity contribution is -0.120. The highest BCUT2D eigenvalue weighted by atomic mass is 32.2. The third-order valence-corrected chi connectivity index (χ3v) is 4.34. The van der Waals surface area contributed by atoms with Crippen molar-refractivity contribution < 1.29 is 9.59 Å². The summed E-state index contributed by atoms with van der Waals surface area (Å²) >= 11 is 1.18. The molecule has 2 aromatic heterocycles. The summed E-state index contributed by atoms with van der Waals surface area (Å²) in [6.07, 6.45) is 0. The van der Waals surface area contributed by atoms with Gasteiger partial charge in [-0.2, -0.15) is 4.98 Å². The van der Waals surface area contributed by atoms with Gasteiger partial charge in [-0.3, -0.25) is 10.1 Å². The zero-order valence-corrected chi connectivity index (χ0v) is 13.6. The maximum absolute atomic E-state index is 12.0. The van der Waals surface area contributed by atoms with E-state index in [1.54, 1.807) is 4.52 Å². The van der Waals surface area contributed by atoms with E-state index < -0.39 is 17.2 Å².